The molecular weight excluding hydrogens is 460 g/mol. The molecule has 3 rings (SSSR count). The van der Waals surface area contributed by atoms with Crippen LogP contribution < -0.4 is 18.9 Å². The quantitative estimate of drug-likeness (QED) is 0.455. The molecule has 0 saturated heterocycles. The smallest absolute Gasteiger partial charge is 0.461 e. The van der Waals surface area contributed by atoms with Crippen LogP contribution in [0.25, 0.3) is 11.0 Å². The van der Waals surface area contributed by atoms with E-state index in [9.17, 15) is 26.0 Å². The summed E-state index contributed by atoms with van der Waals surface area (Å²) in [6.07, 6.45) is -7.26. The Balaban J connectivity index is 1.84. The highest BCUT2D eigenvalue weighted by Crippen LogP contribution is 2.33. The van der Waals surface area contributed by atoms with E-state index in [-0.39, 0.29) is 29.0 Å². The highest BCUT2D eigenvalue weighted by Gasteiger charge is 2.44. The maximum Gasteiger partial charge on any atom is 0.461 e. The van der Waals surface area contributed by atoms with Crippen LogP contribution in [0.15, 0.2) is 29.6 Å². The fraction of sp³-hybridized carbons (Fsp3) is 0.333. The first-order valence-corrected chi connectivity index (χ1v) is 10.4. The van der Waals surface area contributed by atoms with Crippen molar-refractivity contribution in [3.63, 3.8) is 0 Å². The normalized spacial score (nSPS) is 12.4. The van der Waals surface area contributed by atoms with Crippen molar-refractivity contribution in [2.75, 3.05) is 14.2 Å². The molecule has 32 heavy (non-hydrogen) atoms. The number of halogens is 4. The minimum Gasteiger partial charge on any atom is -0.492 e. The number of fused-ring (bicyclic) bond motifs is 1. The molecule has 0 radical (unpaired) electrons. The average molecular weight is 478 g/mol. The first kappa shape index (κ1) is 23.5. The van der Waals surface area contributed by atoms with Crippen LogP contribution >= 0.6 is 0 Å². The van der Waals surface area contributed by atoms with Crippen molar-refractivity contribution in [1.82, 2.24) is 19.7 Å². The third-order valence-electron chi connectivity index (χ3n) is 4.27. The number of hydrogen-bond donors (Lipinski definition) is 2. The van der Waals surface area contributed by atoms with Gasteiger partial charge in [-0.2, -0.15) is 17.6 Å². The summed E-state index contributed by atoms with van der Waals surface area (Å²) in [6.45, 7) is 1.47. The molecule has 0 unspecified atom stereocenters. The maximum atomic E-state index is 13.1. The van der Waals surface area contributed by atoms with Crippen molar-refractivity contribution in [1.29, 1.82) is 0 Å². The largest absolute Gasteiger partial charge is 0.492 e. The molecule has 0 aliphatic carbocycles. The third kappa shape index (κ3) is 4.70. The summed E-state index contributed by atoms with van der Waals surface area (Å²) in [5.41, 5.74) is 1.01. The third-order valence-corrected chi connectivity index (χ3v) is 5.50. The molecule has 0 amide bonds. The van der Waals surface area contributed by atoms with Gasteiger partial charge in [0.1, 0.15) is 11.4 Å². The lowest BCUT2D eigenvalue weighted by Gasteiger charge is -2.16. The van der Waals surface area contributed by atoms with E-state index in [1.165, 1.54) is 26.5 Å². The summed E-state index contributed by atoms with van der Waals surface area (Å²) >= 11 is 0. The number of aryl methyl sites for hydroxylation is 1. The van der Waals surface area contributed by atoms with E-state index < -0.39 is 33.5 Å². The molecule has 174 valence electrons. The molecule has 2 N–H and O–H groups in total. The van der Waals surface area contributed by atoms with Crippen LogP contribution in [0.5, 0.6) is 17.2 Å². The summed E-state index contributed by atoms with van der Waals surface area (Å²) in [5.74, 6) is 0.0435. The fourth-order valence-corrected chi connectivity index (χ4v) is 3.70. The van der Waals surface area contributed by atoms with Crippen LogP contribution in [0.2, 0.25) is 0 Å². The number of aromatic amines is 1. The van der Waals surface area contributed by atoms with Gasteiger partial charge < -0.3 is 19.2 Å². The summed E-state index contributed by atoms with van der Waals surface area (Å²) in [4.78, 5) is 10.5. The molecule has 0 saturated carbocycles. The van der Waals surface area contributed by atoms with Crippen molar-refractivity contribution in [3.05, 3.63) is 35.7 Å². The zero-order valence-corrected chi connectivity index (χ0v) is 17.8. The summed E-state index contributed by atoms with van der Waals surface area (Å²) in [5, 5.41) is -0.525. The van der Waals surface area contributed by atoms with Gasteiger partial charge in [0.05, 0.1) is 31.8 Å². The van der Waals surface area contributed by atoms with Gasteiger partial charge >= 0.3 is 12.5 Å². The van der Waals surface area contributed by atoms with Gasteiger partial charge in [-0.25, -0.2) is 18.1 Å². The number of benzene rings is 1. The van der Waals surface area contributed by atoms with Gasteiger partial charge in [0.15, 0.2) is 11.5 Å². The number of ether oxygens (including phenoxy) is 3. The van der Waals surface area contributed by atoms with E-state index in [1.807, 2.05) is 0 Å². The number of rotatable bonds is 9. The predicted molar refractivity (Wildman–Crippen MR) is 104 cm³/mol. The lowest BCUT2D eigenvalue weighted by Crippen LogP contribution is -2.33. The van der Waals surface area contributed by atoms with E-state index in [0.29, 0.717) is 11.3 Å². The number of alkyl halides is 4. The van der Waals surface area contributed by atoms with E-state index in [2.05, 4.69) is 24.4 Å². The molecule has 0 spiro atoms. The predicted octanol–water partition coefficient (Wildman–Crippen LogP) is 3.00. The molecule has 2 aromatic heterocycles. The number of sulfonamides is 1. The molecule has 0 fully saturated rings. The summed E-state index contributed by atoms with van der Waals surface area (Å²) < 4.78 is 92.9. The molecule has 0 aliphatic heterocycles. The van der Waals surface area contributed by atoms with Crippen LogP contribution in [-0.2, 0) is 16.6 Å². The minimum absolute atomic E-state index is 0.0827. The Morgan fingerprint density at radius 3 is 2.50 bits per heavy atom. The Morgan fingerprint density at radius 1 is 1.19 bits per heavy atom. The van der Waals surface area contributed by atoms with Gasteiger partial charge in [0, 0.05) is 17.8 Å². The van der Waals surface area contributed by atoms with Crippen molar-refractivity contribution in [2.45, 2.75) is 31.2 Å². The number of aromatic nitrogens is 3. The van der Waals surface area contributed by atoms with Crippen LogP contribution in [0.1, 0.15) is 11.3 Å². The standard InChI is InChI=1S/C18H18F4N4O5S/c1-9-7-23-13(15(30-3)14(9)29-2)8-24-32(27,28)17-25-11-5-4-10(6-12(11)26-17)31-18(21,22)16(19)20/h4-7,16,24H,8H2,1-3H3,(H,25,26). The second-order valence-corrected chi connectivity index (χ2v) is 8.15. The van der Waals surface area contributed by atoms with Gasteiger partial charge in [-0.05, 0) is 19.1 Å². The molecule has 14 heteroatoms. The Kier molecular flexibility index (Phi) is 6.46. The first-order chi connectivity index (χ1) is 15.0. The monoisotopic (exact) mass is 478 g/mol. The molecule has 0 aliphatic rings. The number of H-pyrrole nitrogens is 1. The fourth-order valence-electron chi connectivity index (χ4n) is 2.78. The first-order valence-electron chi connectivity index (χ1n) is 8.89. The SMILES string of the molecule is COc1c(C)cnc(CNS(=O)(=O)c2nc3cc(OC(F)(F)C(F)F)ccc3[nH]2)c1OC. The minimum atomic E-state index is -4.71. The van der Waals surface area contributed by atoms with Gasteiger partial charge in [0.25, 0.3) is 10.0 Å². The van der Waals surface area contributed by atoms with Crippen molar-refractivity contribution in [3.8, 4) is 17.2 Å². The molecule has 1 aromatic carbocycles. The lowest BCUT2D eigenvalue weighted by molar-refractivity contribution is -0.253. The average Bonchev–Trinajstić information content (AvgIpc) is 3.16. The highest BCUT2D eigenvalue weighted by molar-refractivity contribution is 7.89. The Hall–Kier alpha value is -3.13. The van der Waals surface area contributed by atoms with E-state index in [4.69, 9.17) is 9.47 Å². The van der Waals surface area contributed by atoms with Crippen molar-refractivity contribution < 1.29 is 40.2 Å². The number of nitrogens with one attached hydrogen (secondary N) is 2. The topological polar surface area (TPSA) is 115 Å². The zero-order valence-electron chi connectivity index (χ0n) is 16.9. The number of imidazole rings is 1. The molecule has 9 nitrogen and oxygen atoms in total. The second kappa shape index (κ2) is 8.78. The molecular formula is C18H18F4N4O5S. The number of methoxy groups -OCH3 is 2. The molecule has 0 atom stereocenters. The van der Waals surface area contributed by atoms with E-state index in [1.54, 1.807) is 6.92 Å². The highest BCUT2D eigenvalue weighted by atomic mass is 32.2. The number of hydrogen-bond acceptors (Lipinski definition) is 7. The van der Waals surface area contributed by atoms with Gasteiger partial charge in [0.2, 0.25) is 5.16 Å². The molecule has 0 bridgehead atoms. The summed E-state index contributed by atoms with van der Waals surface area (Å²) in [7, 11) is -1.38. The van der Waals surface area contributed by atoms with Crippen LogP contribution in [-0.4, -0.2) is 50.1 Å². The van der Waals surface area contributed by atoms with E-state index in [0.717, 1.165) is 12.1 Å². The number of pyridine rings is 1. The van der Waals surface area contributed by atoms with Gasteiger partial charge in [-0.15, -0.1) is 0 Å². The Morgan fingerprint density at radius 2 is 1.88 bits per heavy atom. The van der Waals surface area contributed by atoms with Gasteiger partial charge in [-0.1, -0.05) is 0 Å². The second-order valence-electron chi connectivity index (χ2n) is 6.46. The van der Waals surface area contributed by atoms with Crippen molar-refractivity contribution >= 4 is 21.1 Å². The van der Waals surface area contributed by atoms with Crippen molar-refractivity contribution in [2.24, 2.45) is 0 Å². The van der Waals surface area contributed by atoms with E-state index >= 15 is 0 Å². The van der Waals surface area contributed by atoms with Gasteiger partial charge in [-0.3, -0.25) is 4.98 Å². The van der Waals surface area contributed by atoms with Crippen LogP contribution in [0.4, 0.5) is 17.6 Å². The Bertz CT molecular complexity index is 1230. The molecule has 2 heterocycles. The zero-order chi connectivity index (χ0) is 23.7. The summed E-state index contributed by atoms with van der Waals surface area (Å²) in [6, 6.07) is 3.07. The Labute approximate surface area is 179 Å². The lowest BCUT2D eigenvalue weighted by atomic mass is 10.2. The number of nitrogens with zero attached hydrogens (tertiary/aromatic N) is 2. The van der Waals surface area contributed by atoms with Crippen LogP contribution in [0.3, 0.4) is 0 Å². The maximum absolute atomic E-state index is 13.1. The molecule has 3 aromatic rings. The van der Waals surface area contributed by atoms with Crippen LogP contribution in [0, 0.1) is 6.92 Å².